The molecule has 126 valence electrons. The molecule has 0 saturated carbocycles. The van der Waals surface area contributed by atoms with Crippen LogP contribution in [0.5, 0.6) is 0 Å². The van der Waals surface area contributed by atoms with Gasteiger partial charge >= 0.3 is 0 Å². The Morgan fingerprint density at radius 1 is 1.04 bits per heavy atom. The van der Waals surface area contributed by atoms with E-state index in [9.17, 15) is 4.79 Å². The third-order valence-electron chi connectivity index (χ3n) is 4.69. The average Bonchev–Trinajstić information content (AvgIpc) is 2.62. The van der Waals surface area contributed by atoms with Gasteiger partial charge in [0.25, 0.3) is 0 Å². The maximum Gasteiger partial charge on any atom is 0.194 e. The molecule has 0 aliphatic carbocycles. The molecule has 0 bridgehead atoms. The predicted molar refractivity (Wildman–Crippen MR) is 97.8 cm³/mol. The van der Waals surface area contributed by atoms with Gasteiger partial charge < -0.3 is 4.90 Å². The highest BCUT2D eigenvalue weighted by Crippen LogP contribution is 2.21. The van der Waals surface area contributed by atoms with E-state index in [0.717, 1.165) is 37.6 Å². The van der Waals surface area contributed by atoms with Crippen LogP contribution in [0, 0.1) is 6.92 Å². The summed E-state index contributed by atoms with van der Waals surface area (Å²) in [6.07, 6.45) is 1.71. The van der Waals surface area contributed by atoms with Crippen molar-refractivity contribution in [3.63, 3.8) is 0 Å². The number of carbonyl (C=O) groups is 1. The molecular formula is C20H25N3O. The van der Waals surface area contributed by atoms with E-state index in [2.05, 4.69) is 28.6 Å². The number of benzene rings is 1. The SMILES string of the molecule is Cc1cc(C(=O)c2ccccc2)cnc1N1CCN(C(C)C)CC1. The Bertz CT molecular complexity index is 704. The molecule has 24 heavy (non-hydrogen) atoms. The summed E-state index contributed by atoms with van der Waals surface area (Å²) in [4.78, 5) is 22.0. The molecule has 0 radical (unpaired) electrons. The van der Waals surface area contributed by atoms with E-state index in [4.69, 9.17) is 0 Å². The van der Waals surface area contributed by atoms with E-state index in [1.807, 2.05) is 43.3 Å². The van der Waals surface area contributed by atoms with E-state index in [1.54, 1.807) is 6.20 Å². The average molecular weight is 323 g/mol. The number of anilines is 1. The highest BCUT2D eigenvalue weighted by Gasteiger charge is 2.21. The summed E-state index contributed by atoms with van der Waals surface area (Å²) in [5.41, 5.74) is 2.43. The molecule has 0 unspecified atom stereocenters. The second-order valence-corrected chi connectivity index (χ2v) is 6.68. The van der Waals surface area contributed by atoms with Gasteiger partial charge in [0.15, 0.2) is 5.78 Å². The molecule has 0 N–H and O–H groups in total. The van der Waals surface area contributed by atoms with Crippen LogP contribution in [0.15, 0.2) is 42.6 Å². The Morgan fingerprint density at radius 3 is 2.29 bits per heavy atom. The van der Waals surface area contributed by atoms with E-state index >= 15 is 0 Å². The third kappa shape index (κ3) is 3.49. The number of carbonyl (C=O) groups excluding carboxylic acids is 1. The summed E-state index contributed by atoms with van der Waals surface area (Å²) in [6.45, 7) is 10.6. The Kier molecular flexibility index (Phi) is 4.95. The number of nitrogens with zero attached hydrogens (tertiary/aromatic N) is 3. The number of aryl methyl sites for hydroxylation is 1. The first-order valence-electron chi connectivity index (χ1n) is 8.61. The van der Waals surface area contributed by atoms with Crippen LogP contribution < -0.4 is 4.90 Å². The molecule has 1 fully saturated rings. The molecular weight excluding hydrogens is 298 g/mol. The monoisotopic (exact) mass is 323 g/mol. The summed E-state index contributed by atoms with van der Waals surface area (Å²) in [5, 5.41) is 0. The lowest BCUT2D eigenvalue weighted by Crippen LogP contribution is -2.49. The van der Waals surface area contributed by atoms with Crippen LogP contribution in [-0.4, -0.2) is 47.9 Å². The van der Waals surface area contributed by atoms with Crippen LogP contribution >= 0.6 is 0 Å². The Morgan fingerprint density at radius 2 is 1.71 bits per heavy atom. The zero-order valence-corrected chi connectivity index (χ0v) is 14.7. The Labute approximate surface area is 144 Å². The van der Waals surface area contributed by atoms with Crippen molar-refractivity contribution in [2.24, 2.45) is 0 Å². The van der Waals surface area contributed by atoms with Crippen LogP contribution in [0.4, 0.5) is 5.82 Å². The van der Waals surface area contributed by atoms with Gasteiger partial charge in [-0.2, -0.15) is 0 Å². The first-order chi connectivity index (χ1) is 11.6. The Hall–Kier alpha value is -2.20. The molecule has 3 rings (SSSR count). The summed E-state index contributed by atoms with van der Waals surface area (Å²) >= 11 is 0. The highest BCUT2D eigenvalue weighted by molar-refractivity contribution is 6.09. The Balaban J connectivity index is 1.75. The van der Waals surface area contributed by atoms with E-state index in [-0.39, 0.29) is 5.78 Å². The van der Waals surface area contributed by atoms with Crippen molar-refractivity contribution in [2.45, 2.75) is 26.8 Å². The molecule has 0 spiro atoms. The van der Waals surface area contributed by atoms with Crippen LogP contribution in [-0.2, 0) is 0 Å². The zero-order valence-electron chi connectivity index (χ0n) is 14.7. The van der Waals surface area contributed by atoms with Crippen molar-refractivity contribution in [1.82, 2.24) is 9.88 Å². The summed E-state index contributed by atoms with van der Waals surface area (Å²) in [5.74, 6) is 1.03. The minimum absolute atomic E-state index is 0.0300. The lowest BCUT2D eigenvalue weighted by Gasteiger charge is -2.38. The number of aromatic nitrogens is 1. The van der Waals surface area contributed by atoms with Crippen LogP contribution in [0.2, 0.25) is 0 Å². The van der Waals surface area contributed by atoms with Gasteiger partial charge in [0.2, 0.25) is 0 Å². The number of piperazine rings is 1. The fraction of sp³-hybridized carbons (Fsp3) is 0.400. The first-order valence-corrected chi connectivity index (χ1v) is 8.61. The van der Waals surface area contributed by atoms with Gasteiger partial charge in [0, 0.05) is 49.5 Å². The van der Waals surface area contributed by atoms with Gasteiger partial charge in [-0.1, -0.05) is 30.3 Å². The van der Waals surface area contributed by atoms with Crippen LogP contribution in [0.1, 0.15) is 35.3 Å². The predicted octanol–water partition coefficient (Wildman–Crippen LogP) is 3.15. The number of rotatable bonds is 4. The fourth-order valence-corrected chi connectivity index (χ4v) is 3.23. The van der Waals surface area contributed by atoms with Gasteiger partial charge in [-0.3, -0.25) is 9.69 Å². The molecule has 2 heterocycles. The van der Waals surface area contributed by atoms with E-state index < -0.39 is 0 Å². The smallest absolute Gasteiger partial charge is 0.194 e. The molecule has 1 saturated heterocycles. The third-order valence-corrected chi connectivity index (χ3v) is 4.69. The van der Waals surface area contributed by atoms with Crippen molar-refractivity contribution in [3.05, 3.63) is 59.3 Å². The zero-order chi connectivity index (χ0) is 17.1. The standard InChI is InChI=1S/C20H25N3O/c1-15(2)22-9-11-23(12-10-22)20-16(3)13-18(14-21-20)19(24)17-7-5-4-6-8-17/h4-8,13-15H,9-12H2,1-3H3. The van der Waals surface area contributed by atoms with Gasteiger partial charge in [0.05, 0.1) is 0 Å². The lowest BCUT2D eigenvalue weighted by molar-refractivity contribution is 0.103. The van der Waals surface area contributed by atoms with Crippen LogP contribution in [0.3, 0.4) is 0 Å². The first kappa shape index (κ1) is 16.7. The number of hydrogen-bond acceptors (Lipinski definition) is 4. The van der Waals surface area contributed by atoms with Crippen LogP contribution in [0.25, 0.3) is 0 Å². The second-order valence-electron chi connectivity index (χ2n) is 6.68. The molecule has 1 aliphatic rings. The van der Waals surface area contributed by atoms with Gasteiger partial charge in [0.1, 0.15) is 5.82 Å². The summed E-state index contributed by atoms with van der Waals surface area (Å²) < 4.78 is 0. The van der Waals surface area contributed by atoms with E-state index in [0.29, 0.717) is 17.2 Å². The van der Waals surface area contributed by atoms with Crippen molar-refractivity contribution >= 4 is 11.6 Å². The van der Waals surface area contributed by atoms with Crippen molar-refractivity contribution in [3.8, 4) is 0 Å². The molecule has 0 atom stereocenters. The van der Waals surface area contributed by atoms with Gasteiger partial charge in [-0.05, 0) is 32.4 Å². The minimum atomic E-state index is 0.0300. The normalized spacial score (nSPS) is 15.8. The number of ketones is 1. The molecule has 1 aromatic heterocycles. The molecule has 2 aromatic rings. The van der Waals surface area contributed by atoms with Crippen molar-refractivity contribution in [2.75, 3.05) is 31.1 Å². The number of hydrogen-bond donors (Lipinski definition) is 0. The highest BCUT2D eigenvalue weighted by atomic mass is 16.1. The maximum atomic E-state index is 12.5. The van der Waals surface area contributed by atoms with Crippen molar-refractivity contribution in [1.29, 1.82) is 0 Å². The topological polar surface area (TPSA) is 36.4 Å². The minimum Gasteiger partial charge on any atom is -0.354 e. The van der Waals surface area contributed by atoms with Gasteiger partial charge in [-0.25, -0.2) is 4.98 Å². The molecule has 1 aliphatic heterocycles. The van der Waals surface area contributed by atoms with E-state index in [1.165, 1.54) is 0 Å². The quantitative estimate of drug-likeness (QED) is 0.810. The molecule has 1 aromatic carbocycles. The van der Waals surface area contributed by atoms with Gasteiger partial charge in [-0.15, -0.1) is 0 Å². The maximum absolute atomic E-state index is 12.5. The summed E-state index contributed by atoms with van der Waals surface area (Å²) in [6, 6.07) is 11.9. The fourth-order valence-electron chi connectivity index (χ4n) is 3.23. The molecule has 0 amide bonds. The summed E-state index contributed by atoms with van der Waals surface area (Å²) in [7, 11) is 0. The number of pyridine rings is 1. The molecule has 4 nitrogen and oxygen atoms in total. The molecule has 4 heteroatoms. The van der Waals surface area contributed by atoms with Crippen molar-refractivity contribution < 1.29 is 4.79 Å². The second kappa shape index (κ2) is 7.14. The lowest BCUT2D eigenvalue weighted by atomic mass is 10.0. The largest absolute Gasteiger partial charge is 0.354 e.